The largest absolute Gasteiger partial charge is 0.497 e. The first-order chi connectivity index (χ1) is 13.9. The maximum absolute atomic E-state index is 12.8. The molecule has 3 aliphatic heterocycles. The second-order valence-electron chi connectivity index (χ2n) is 7.25. The van der Waals surface area contributed by atoms with Crippen LogP contribution in [0.1, 0.15) is 12.8 Å². The predicted molar refractivity (Wildman–Crippen MR) is 112 cm³/mol. The number of benzene rings is 1. The van der Waals surface area contributed by atoms with Gasteiger partial charge in [0.05, 0.1) is 18.4 Å². The number of hydrogen-bond donors (Lipinski definition) is 1. The van der Waals surface area contributed by atoms with Gasteiger partial charge < -0.3 is 19.9 Å². The molecule has 4 rings (SSSR count). The highest BCUT2D eigenvalue weighted by atomic mass is 32.2. The van der Waals surface area contributed by atoms with Crippen molar-refractivity contribution in [3.8, 4) is 5.75 Å². The Hall–Kier alpha value is -2.81. The van der Waals surface area contributed by atoms with Gasteiger partial charge in [-0.3, -0.25) is 4.79 Å². The molecule has 0 spiro atoms. The first kappa shape index (κ1) is 19.5. The summed E-state index contributed by atoms with van der Waals surface area (Å²) < 4.78 is 32.7. The Morgan fingerprint density at radius 3 is 2.59 bits per heavy atom. The molecule has 0 bridgehead atoms. The SMILES string of the molecule is COc1ccc(N2CCC(NC(=O)C3=CC=CN4CCS(=O)(=O)N=C34)CC2)cc1. The molecule has 0 aliphatic carbocycles. The second kappa shape index (κ2) is 7.90. The van der Waals surface area contributed by atoms with Gasteiger partial charge in [-0.15, -0.1) is 4.40 Å². The van der Waals surface area contributed by atoms with Crippen LogP contribution in [0.5, 0.6) is 5.75 Å². The third-order valence-corrected chi connectivity index (χ3v) is 6.52. The molecule has 1 fully saturated rings. The molecule has 3 aliphatic rings. The number of sulfonamides is 1. The molecule has 1 amide bonds. The fraction of sp³-hybridized carbons (Fsp3) is 0.400. The predicted octanol–water partition coefficient (Wildman–Crippen LogP) is 1.28. The van der Waals surface area contributed by atoms with E-state index < -0.39 is 10.0 Å². The van der Waals surface area contributed by atoms with Crippen LogP contribution >= 0.6 is 0 Å². The molecule has 9 heteroatoms. The Balaban J connectivity index is 1.38. The molecule has 1 saturated heterocycles. The Bertz CT molecular complexity index is 974. The van der Waals surface area contributed by atoms with E-state index in [-0.39, 0.29) is 23.5 Å². The molecule has 0 aromatic heterocycles. The molecule has 154 valence electrons. The van der Waals surface area contributed by atoms with Gasteiger partial charge in [-0.2, -0.15) is 0 Å². The highest BCUT2D eigenvalue weighted by Crippen LogP contribution is 2.23. The van der Waals surface area contributed by atoms with Crippen LogP contribution in [0.25, 0.3) is 0 Å². The normalized spacial score (nSPS) is 21.1. The Labute approximate surface area is 170 Å². The third kappa shape index (κ3) is 4.29. The van der Waals surface area contributed by atoms with E-state index in [4.69, 9.17) is 4.74 Å². The number of ether oxygens (including phenoxy) is 1. The first-order valence-corrected chi connectivity index (χ1v) is 11.2. The number of anilines is 1. The standard InChI is InChI=1S/C20H24N4O4S/c1-28-17-6-4-16(5-7-17)23-11-8-15(9-12-23)21-20(25)18-3-2-10-24-13-14-29(26,27)22-19(18)24/h2-7,10,15H,8-9,11-14H2,1H3,(H,21,25). The zero-order valence-corrected chi connectivity index (χ0v) is 17.1. The molecular weight excluding hydrogens is 392 g/mol. The van der Waals surface area contributed by atoms with Crippen molar-refractivity contribution in [2.45, 2.75) is 18.9 Å². The molecular formula is C20H24N4O4S. The number of nitrogens with zero attached hydrogens (tertiary/aromatic N) is 3. The number of allylic oxidation sites excluding steroid dienone is 2. The van der Waals surface area contributed by atoms with Crippen LogP contribution in [0.15, 0.2) is 52.6 Å². The minimum Gasteiger partial charge on any atom is -0.497 e. The Kier molecular flexibility index (Phi) is 5.31. The molecule has 0 atom stereocenters. The minimum atomic E-state index is -3.52. The van der Waals surface area contributed by atoms with Crippen molar-refractivity contribution < 1.29 is 17.9 Å². The van der Waals surface area contributed by atoms with Crippen LogP contribution in [0.2, 0.25) is 0 Å². The van der Waals surface area contributed by atoms with Gasteiger partial charge in [0.15, 0.2) is 5.84 Å². The smallest absolute Gasteiger partial charge is 0.256 e. The summed E-state index contributed by atoms with van der Waals surface area (Å²) in [4.78, 5) is 16.8. The van der Waals surface area contributed by atoms with E-state index in [0.717, 1.165) is 37.4 Å². The number of carbonyl (C=O) groups is 1. The quantitative estimate of drug-likeness (QED) is 0.795. The second-order valence-corrected chi connectivity index (χ2v) is 9.00. The van der Waals surface area contributed by atoms with E-state index >= 15 is 0 Å². The van der Waals surface area contributed by atoms with Gasteiger partial charge in [0.2, 0.25) is 0 Å². The van der Waals surface area contributed by atoms with Gasteiger partial charge in [-0.05, 0) is 49.3 Å². The van der Waals surface area contributed by atoms with Crippen molar-refractivity contribution >= 4 is 27.5 Å². The molecule has 8 nitrogen and oxygen atoms in total. The average Bonchev–Trinajstić information content (AvgIpc) is 2.73. The highest BCUT2D eigenvalue weighted by molar-refractivity contribution is 7.90. The van der Waals surface area contributed by atoms with Gasteiger partial charge in [0, 0.05) is 37.6 Å². The summed E-state index contributed by atoms with van der Waals surface area (Å²) >= 11 is 0. The van der Waals surface area contributed by atoms with E-state index in [2.05, 4.69) is 14.6 Å². The maximum Gasteiger partial charge on any atom is 0.256 e. The molecule has 1 aromatic carbocycles. The Morgan fingerprint density at radius 2 is 1.90 bits per heavy atom. The van der Waals surface area contributed by atoms with Gasteiger partial charge in [-0.25, -0.2) is 8.42 Å². The Morgan fingerprint density at radius 1 is 1.17 bits per heavy atom. The van der Waals surface area contributed by atoms with Crippen LogP contribution < -0.4 is 15.0 Å². The van der Waals surface area contributed by atoms with Crippen LogP contribution in [0.3, 0.4) is 0 Å². The number of amides is 1. The van der Waals surface area contributed by atoms with Crippen LogP contribution in [0, 0.1) is 0 Å². The van der Waals surface area contributed by atoms with Crippen LogP contribution in [-0.2, 0) is 14.8 Å². The summed E-state index contributed by atoms with van der Waals surface area (Å²) in [6, 6.07) is 7.99. The third-order valence-electron chi connectivity index (χ3n) is 5.37. The fourth-order valence-corrected chi connectivity index (χ4v) is 4.72. The maximum atomic E-state index is 12.8. The molecule has 3 heterocycles. The van der Waals surface area contributed by atoms with Gasteiger partial charge >= 0.3 is 0 Å². The van der Waals surface area contributed by atoms with E-state index in [1.165, 1.54) is 0 Å². The van der Waals surface area contributed by atoms with E-state index in [0.29, 0.717) is 12.1 Å². The lowest BCUT2D eigenvalue weighted by atomic mass is 10.0. The molecule has 1 N–H and O–H groups in total. The number of amidine groups is 1. The summed E-state index contributed by atoms with van der Waals surface area (Å²) in [7, 11) is -1.87. The van der Waals surface area contributed by atoms with Crippen LogP contribution in [0.4, 0.5) is 5.69 Å². The summed E-state index contributed by atoms with van der Waals surface area (Å²) in [6.45, 7) is 1.97. The lowest BCUT2D eigenvalue weighted by Gasteiger charge is -2.34. The molecule has 29 heavy (non-hydrogen) atoms. The average molecular weight is 417 g/mol. The monoisotopic (exact) mass is 416 g/mol. The lowest BCUT2D eigenvalue weighted by Crippen LogP contribution is -2.48. The number of nitrogens with one attached hydrogen (secondary N) is 1. The number of hydrogen-bond acceptors (Lipinski definition) is 6. The zero-order valence-electron chi connectivity index (χ0n) is 16.2. The minimum absolute atomic E-state index is 0.0399. The van der Waals surface area contributed by atoms with Crippen molar-refractivity contribution in [2.24, 2.45) is 4.40 Å². The van der Waals surface area contributed by atoms with Crippen molar-refractivity contribution in [3.05, 3.63) is 48.2 Å². The topological polar surface area (TPSA) is 91.3 Å². The molecule has 0 unspecified atom stereocenters. The lowest BCUT2D eigenvalue weighted by molar-refractivity contribution is -0.117. The highest BCUT2D eigenvalue weighted by Gasteiger charge is 2.31. The zero-order chi connectivity index (χ0) is 20.4. The molecule has 1 aromatic rings. The summed E-state index contributed by atoms with van der Waals surface area (Å²) in [5, 5.41) is 3.05. The summed E-state index contributed by atoms with van der Waals surface area (Å²) in [5.41, 5.74) is 1.43. The van der Waals surface area contributed by atoms with Gasteiger partial charge in [0.25, 0.3) is 15.9 Å². The van der Waals surface area contributed by atoms with Gasteiger partial charge in [-0.1, -0.05) is 0 Å². The molecule has 0 radical (unpaired) electrons. The number of piperidine rings is 1. The van der Waals surface area contributed by atoms with Gasteiger partial charge in [0.1, 0.15) is 5.75 Å². The first-order valence-electron chi connectivity index (χ1n) is 9.63. The van der Waals surface area contributed by atoms with E-state index in [1.807, 2.05) is 24.3 Å². The van der Waals surface area contributed by atoms with Crippen molar-refractivity contribution in [2.75, 3.05) is 37.4 Å². The fourth-order valence-electron chi connectivity index (χ4n) is 3.73. The number of rotatable bonds is 4. The summed E-state index contributed by atoms with van der Waals surface area (Å²) in [6.07, 6.45) is 6.75. The van der Waals surface area contributed by atoms with Crippen molar-refractivity contribution in [1.82, 2.24) is 10.2 Å². The van der Waals surface area contributed by atoms with Crippen molar-refractivity contribution in [1.29, 1.82) is 0 Å². The van der Waals surface area contributed by atoms with Crippen LogP contribution in [-0.4, -0.2) is 63.6 Å². The number of methoxy groups -OCH3 is 1. The van der Waals surface area contributed by atoms with E-state index in [9.17, 15) is 13.2 Å². The molecule has 0 saturated carbocycles. The number of fused-ring (bicyclic) bond motifs is 1. The summed E-state index contributed by atoms with van der Waals surface area (Å²) in [5.74, 6) is 0.719. The number of carbonyl (C=O) groups excluding carboxylic acids is 1. The van der Waals surface area contributed by atoms with Crippen molar-refractivity contribution in [3.63, 3.8) is 0 Å². The van der Waals surface area contributed by atoms with E-state index in [1.54, 1.807) is 30.4 Å².